The summed E-state index contributed by atoms with van der Waals surface area (Å²) >= 11 is 14.4. The van der Waals surface area contributed by atoms with E-state index in [2.05, 4.69) is 20.7 Å². The molecule has 0 bridgehead atoms. The molecular weight excluding hydrogens is 396 g/mol. The molecule has 1 saturated carbocycles. The highest BCUT2D eigenvalue weighted by Gasteiger charge is 2.39. The Morgan fingerprint density at radius 2 is 1.95 bits per heavy atom. The van der Waals surface area contributed by atoms with E-state index in [-0.39, 0.29) is 14.9 Å². The molecule has 116 valence electrons. The Balaban J connectivity index is 2.37. The molecule has 0 aliphatic heterocycles. The Labute approximate surface area is 143 Å². The number of thiocarbonyl (C=S) groups is 1. The minimum atomic E-state index is -3.78. The fourth-order valence-corrected chi connectivity index (χ4v) is 5.36. The zero-order chi connectivity index (χ0) is 15.7. The molecule has 1 aromatic rings. The first kappa shape index (κ1) is 17.1. The molecule has 3 N–H and O–H groups in total. The van der Waals surface area contributed by atoms with E-state index in [1.165, 1.54) is 6.07 Å². The third kappa shape index (κ3) is 3.76. The minimum Gasteiger partial charge on any atom is -0.392 e. The van der Waals surface area contributed by atoms with Gasteiger partial charge in [-0.3, -0.25) is 0 Å². The zero-order valence-corrected chi connectivity index (χ0v) is 15.2. The molecule has 21 heavy (non-hydrogen) atoms. The van der Waals surface area contributed by atoms with Gasteiger partial charge in [0.15, 0.2) is 0 Å². The average Bonchev–Trinajstić information content (AvgIpc) is 2.38. The first-order valence-electron chi connectivity index (χ1n) is 6.56. The van der Waals surface area contributed by atoms with Crippen molar-refractivity contribution in [2.45, 2.75) is 42.5 Å². The minimum absolute atomic E-state index is 0.0357. The summed E-state index contributed by atoms with van der Waals surface area (Å²) in [5.74, 6) is 0. The molecule has 0 saturated heterocycles. The van der Waals surface area contributed by atoms with Crippen LogP contribution in [0.4, 0.5) is 0 Å². The summed E-state index contributed by atoms with van der Waals surface area (Å²) in [6, 6.07) is 4.64. The van der Waals surface area contributed by atoms with Gasteiger partial charge >= 0.3 is 0 Å². The van der Waals surface area contributed by atoms with Crippen molar-refractivity contribution in [2.75, 3.05) is 0 Å². The van der Waals surface area contributed by atoms with Gasteiger partial charge in [-0.1, -0.05) is 59.0 Å². The number of benzene rings is 1. The summed E-state index contributed by atoms with van der Waals surface area (Å²) in [6.45, 7) is 0. The van der Waals surface area contributed by atoms with Crippen LogP contribution in [0.1, 0.15) is 32.1 Å². The van der Waals surface area contributed by atoms with Crippen molar-refractivity contribution in [3.63, 3.8) is 0 Å². The van der Waals surface area contributed by atoms with E-state index in [1.807, 2.05) is 0 Å². The number of hydrogen-bond donors (Lipinski definition) is 2. The lowest BCUT2D eigenvalue weighted by atomic mass is 9.82. The molecule has 0 radical (unpaired) electrons. The van der Waals surface area contributed by atoms with Gasteiger partial charge in [0.05, 0.1) is 15.6 Å². The number of nitrogens with one attached hydrogen (secondary N) is 1. The lowest BCUT2D eigenvalue weighted by molar-refractivity contribution is 0.353. The molecule has 1 aromatic carbocycles. The van der Waals surface area contributed by atoms with Crippen LogP contribution < -0.4 is 10.5 Å². The number of rotatable bonds is 4. The van der Waals surface area contributed by atoms with Crippen molar-refractivity contribution in [1.82, 2.24) is 4.72 Å². The predicted molar refractivity (Wildman–Crippen MR) is 92.1 cm³/mol. The Kier molecular flexibility index (Phi) is 5.31. The lowest BCUT2D eigenvalue weighted by Gasteiger charge is -2.36. The van der Waals surface area contributed by atoms with Crippen molar-refractivity contribution in [2.24, 2.45) is 5.73 Å². The van der Waals surface area contributed by atoms with Crippen LogP contribution >= 0.6 is 39.7 Å². The average molecular weight is 412 g/mol. The molecular formula is C13H16BrClN2O2S2. The van der Waals surface area contributed by atoms with Gasteiger partial charge in [0.2, 0.25) is 10.0 Å². The van der Waals surface area contributed by atoms with E-state index in [0.29, 0.717) is 17.3 Å². The number of hydrogen-bond acceptors (Lipinski definition) is 3. The third-order valence-corrected chi connectivity index (χ3v) is 6.60. The highest BCUT2D eigenvalue weighted by Crippen LogP contribution is 2.32. The third-order valence-electron chi connectivity index (χ3n) is 3.69. The summed E-state index contributed by atoms with van der Waals surface area (Å²) in [6.07, 6.45) is 4.10. The quantitative estimate of drug-likeness (QED) is 0.745. The Bertz CT molecular complexity index is 658. The molecule has 0 amide bonds. The highest BCUT2D eigenvalue weighted by molar-refractivity contribution is 9.10. The topological polar surface area (TPSA) is 72.2 Å². The van der Waals surface area contributed by atoms with Crippen LogP contribution in [0.15, 0.2) is 27.6 Å². The molecule has 1 aliphatic rings. The number of halogens is 2. The lowest BCUT2D eigenvalue weighted by Crippen LogP contribution is -2.57. The van der Waals surface area contributed by atoms with Crippen LogP contribution in [-0.2, 0) is 10.0 Å². The smallest absolute Gasteiger partial charge is 0.242 e. The van der Waals surface area contributed by atoms with Crippen LogP contribution in [-0.4, -0.2) is 18.9 Å². The second kappa shape index (κ2) is 6.50. The second-order valence-corrected chi connectivity index (χ2v) is 8.60. The van der Waals surface area contributed by atoms with E-state index < -0.39 is 15.6 Å². The van der Waals surface area contributed by atoms with Gasteiger partial charge in [-0.25, -0.2) is 8.42 Å². The van der Waals surface area contributed by atoms with Gasteiger partial charge in [0.1, 0.15) is 4.90 Å². The van der Waals surface area contributed by atoms with Crippen molar-refractivity contribution < 1.29 is 8.42 Å². The summed E-state index contributed by atoms with van der Waals surface area (Å²) in [7, 11) is -3.78. The van der Waals surface area contributed by atoms with Crippen LogP contribution in [0, 0.1) is 0 Å². The van der Waals surface area contributed by atoms with Crippen molar-refractivity contribution in [3.05, 3.63) is 27.7 Å². The SMILES string of the molecule is NC(=S)C1(NS(=O)(=O)c2ccc(Br)cc2Cl)CCCCC1. The molecule has 0 spiro atoms. The van der Waals surface area contributed by atoms with Crippen molar-refractivity contribution >= 4 is 54.8 Å². The standard InChI is InChI=1S/C13H16BrClN2O2S2/c14-9-4-5-11(10(15)8-9)21(18,19)17-13(12(16)20)6-2-1-3-7-13/h4-5,8,17H,1-3,6-7H2,(H2,16,20). The summed E-state index contributed by atoms with van der Waals surface area (Å²) in [5.41, 5.74) is 4.97. The highest BCUT2D eigenvalue weighted by atomic mass is 79.9. The Hall–Kier alpha value is -0.210. The molecule has 4 nitrogen and oxygen atoms in total. The normalized spacial score (nSPS) is 18.4. The maximum Gasteiger partial charge on any atom is 0.242 e. The molecule has 1 fully saturated rings. The monoisotopic (exact) mass is 410 g/mol. The van der Waals surface area contributed by atoms with Crippen LogP contribution in [0.25, 0.3) is 0 Å². The molecule has 8 heteroatoms. The fraction of sp³-hybridized carbons (Fsp3) is 0.462. The largest absolute Gasteiger partial charge is 0.392 e. The van der Waals surface area contributed by atoms with E-state index >= 15 is 0 Å². The van der Waals surface area contributed by atoms with Gasteiger partial charge in [-0.2, -0.15) is 4.72 Å². The van der Waals surface area contributed by atoms with E-state index in [4.69, 9.17) is 29.6 Å². The first-order chi connectivity index (χ1) is 9.77. The van der Waals surface area contributed by atoms with Gasteiger partial charge in [-0.15, -0.1) is 0 Å². The molecule has 0 atom stereocenters. The fourth-order valence-electron chi connectivity index (χ4n) is 2.56. The van der Waals surface area contributed by atoms with Crippen LogP contribution in [0.3, 0.4) is 0 Å². The summed E-state index contributed by atoms with van der Waals surface area (Å²) in [4.78, 5) is 0.229. The molecule has 0 unspecified atom stereocenters. The van der Waals surface area contributed by atoms with E-state index in [1.54, 1.807) is 12.1 Å². The van der Waals surface area contributed by atoms with Gasteiger partial charge in [-0.05, 0) is 31.0 Å². The Morgan fingerprint density at radius 1 is 1.33 bits per heavy atom. The van der Waals surface area contributed by atoms with Gasteiger partial charge in [0, 0.05) is 4.47 Å². The van der Waals surface area contributed by atoms with Crippen molar-refractivity contribution in [1.29, 1.82) is 0 Å². The molecule has 0 aromatic heterocycles. The Morgan fingerprint density at radius 3 is 2.48 bits per heavy atom. The van der Waals surface area contributed by atoms with Gasteiger partial charge in [0.25, 0.3) is 0 Å². The van der Waals surface area contributed by atoms with Crippen LogP contribution in [0.5, 0.6) is 0 Å². The van der Waals surface area contributed by atoms with Crippen molar-refractivity contribution in [3.8, 4) is 0 Å². The number of nitrogens with two attached hydrogens (primary N) is 1. The van der Waals surface area contributed by atoms with Gasteiger partial charge < -0.3 is 5.73 Å². The van der Waals surface area contributed by atoms with E-state index in [9.17, 15) is 8.42 Å². The van der Waals surface area contributed by atoms with Crippen LogP contribution in [0.2, 0.25) is 5.02 Å². The summed E-state index contributed by atoms with van der Waals surface area (Å²) in [5, 5.41) is 0.158. The maximum absolute atomic E-state index is 12.6. The zero-order valence-electron chi connectivity index (χ0n) is 11.2. The number of sulfonamides is 1. The van der Waals surface area contributed by atoms with E-state index in [0.717, 1.165) is 19.3 Å². The predicted octanol–water partition coefficient (Wildman–Crippen LogP) is 3.37. The molecule has 0 heterocycles. The molecule has 1 aliphatic carbocycles. The molecule has 2 rings (SSSR count). The summed E-state index contributed by atoms with van der Waals surface area (Å²) < 4.78 is 28.6. The maximum atomic E-state index is 12.6. The second-order valence-electron chi connectivity index (χ2n) is 5.19. The first-order valence-corrected chi connectivity index (χ1v) is 9.62.